The second-order valence-electron chi connectivity index (χ2n) is 9.55. The van der Waals surface area contributed by atoms with Gasteiger partial charge in [0.25, 0.3) is 0 Å². The molecule has 2 aromatic carbocycles. The van der Waals surface area contributed by atoms with Gasteiger partial charge in [-0.25, -0.2) is 13.8 Å². The van der Waals surface area contributed by atoms with Gasteiger partial charge >= 0.3 is 12.1 Å². The number of carbonyl (C=O) groups is 1. The number of halogens is 6. The van der Waals surface area contributed by atoms with Crippen LogP contribution >= 0.6 is 11.3 Å². The molecule has 2 aliphatic rings. The zero-order chi connectivity index (χ0) is 28.8. The highest BCUT2D eigenvalue weighted by molar-refractivity contribution is 7.08. The highest BCUT2D eigenvalue weighted by atomic mass is 32.1. The summed E-state index contributed by atoms with van der Waals surface area (Å²) in [6.45, 7) is 0.0384. The Bertz CT molecular complexity index is 1450. The minimum atomic E-state index is -4.72. The number of carboxylic acids is 1. The van der Waals surface area contributed by atoms with Crippen molar-refractivity contribution in [1.82, 2.24) is 4.90 Å². The summed E-state index contributed by atoms with van der Waals surface area (Å²) in [5.74, 6) is -1.78. The fourth-order valence-corrected chi connectivity index (χ4v) is 5.91. The van der Waals surface area contributed by atoms with Crippen molar-refractivity contribution in [3.05, 3.63) is 75.5 Å². The number of rotatable bonds is 5. The van der Waals surface area contributed by atoms with Gasteiger partial charge in [0, 0.05) is 36.9 Å². The number of hydrogen-bond donors (Lipinski definition) is 1. The molecule has 3 aromatic rings. The van der Waals surface area contributed by atoms with Crippen molar-refractivity contribution in [3.63, 3.8) is 0 Å². The second kappa shape index (κ2) is 10.3. The van der Waals surface area contributed by atoms with E-state index in [-0.39, 0.29) is 60.1 Å². The number of guanidine groups is 1. The minimum absolute atomic E-state index is 0.0124. The molecule has 2 aliphatic heterocycles. The summed E-state index contributed by atoms with van der Waals surface area (Å²) >= 11 is 0.699. The third-order valence-electron chi connectivity index (χ3n) is 7.18. The molecule has 3 heterocycles. The molecular formula is C27H23F6N3O3S. The van der Waals surface area contributed by atoms with Crippen LogP contribution in [0.4, 0.5) is 37.7 Å². The van der Waals surface area contributed by atoms with Crippen LogP contribution in [-0.2, 0) is 16.6 Å². The second-order valence-corrected chi connectivity index (χ2v) is 10.4. The van der Waals surface area contributed by atoms with Crippen molar-refractivity contribution in [2.75, 3.05) is 25.1 Å². The standard InChI is InChI=1S/C27H23F6N3O3S/c1-39-21-7-4-16(27(31,32)33)12-20(21)36-19(13-22(37)38)18-14-40-24(29)23(18)34-25(36)35-10-8-26(30,9-11-35)15-2-5-17(28)6-3-15/h2-7,12,14,19H,8-11,13H2,1H3,(H,37,38)/t19-/m0/s1. The lowest BCUT2D eigenvalue weighted by Crippen LogP contribution is -2.52. The number of methoxy groups -OCH3 is 1. The summed E-state index contributed by atoms with van der Waals surface area (Å²) in [5, 5.41) is 10.4. The number of carboxylic acid groups (broad SMARTS) is 1. The largest absolute Gasteiger partial charge is 0.495 e. The Labute approximate surface area is 229 Å². The molecule has 6 nitrogen and oxygen atoms in total. The highest BCUT2D eigenvalue weighted by Gasteiger charge is 2.43. The van der Waals surface area contributed by atoms with Crippen LogP contribution in [0.3, 0.4) is 0 Å². The zero-order valence-electron chi connectivity index (χ0n) is 21.0. The summed E-state index contributed by atoms with van der Waals surface area (Å²) in [6, 6.07) is 6.70. The number of thiophene rings is 1. The first-order chi connectivity index (χ1) is 18.9. The van der Waals surface area contributed by atoms with E-state index in [2.05, 4.69) is 4.99 Å². The number of hydrogen-bond acceptors (Lipinski definition) is 6. The van der Waals surface area contributed by atoms with E-state index in [4.69, 9.17) is 4.74 Å². The van der Waals surface area contributed by atoms with E-state index in [0.29, 0.717) is 11.3 Å². The van der Waals surface area contributed by atoms with Crippen LogP contribution in [0.15, 0.2) is 52.8 Å². The number of piperidine rings is 1. The van der Waals surface area contributed by atoms with E-state index >= 15 is 4.39 Å². The molecule has 1 atom stereocenters. The molecule has 40 heavy (non-hydrogen) atoms. The minimum Gasteiger partial charge on any atom is -0.495 e. The van der Waals surface area contributed by atoms with Crippen molar-refractivity contribution in [2.45, 2.75) is 37.1 Å². The normalized spacial score (nSPS) is 18.8. The molecule has 0 saturated carbocycles. The quantitative estimate of drug-likeness (QED) is 0.327. The summed E-state index contributed by atoms with van der Waals surface area (Å²) in [4.78, 5) is 19.3. The molecule has 1 aromatic heterocycles. The lowest BCUT2D eigenvalue weighted by molar-refractivity contribution is -0.138. The van der Waals surface area contributed by atoms with Gasteiger partial charge in [0.2, 0.25) is 11.1 Å². The number of aliphatic imine (C=N–C) groups is 1. The van der Waals surface area contributed by atoms with Crippen LogP contribution in [0.1, 0.15) is 42.0 Å². The van der Waals surface area contributed by atoms with Crippen LogP contribution in [0.2, 0.25) is 0 Å². The first kappa shape index (κ1) is 27.8. The van der Waals surface area contributed by atoms with E-state index < -0.39 is 46.8 Å². The monoisotopic (exact) mass is 583 g/mol. The number of nitrogens with zero attached hydrogens (tertiary/aromatic N) is 3. The maximum atomic E-state index is 15.9. The van der Waals surface area contributed by atoms with Gasteiger partial charge in [0.15, 0.2) is 0 Å². The lowest BCUT2D eigenvalue weighted by atomic mass is 9.86. The molecule has 13 heteroatoms. The first-order valence-electron chi connectivity index (χ1n) is 12.2. The summed E-state index contributed by atoms with van der Waals surface area (Å²) < 4.78 is 90.7. The van der Waals surface area contributed by atoms with Crippen LogP contribution in [0.25, 0.3) is 0 Å². The van der Waals surface area contributed by atoms with E-state index in [9.17, 15) is 31.9 Å². The first-order valence-corrected chi connectivity index (χ1v) is 13.1. The highest BCUT2D eigenvalue weighted by Crippen LogP contribution is 2.48. The van der Waals surface area contributed by atoms with Gasteiger partial charge in [0.05, 0.1) is 30.8 Å². The van der Waals surface area contributed by atoms with Crippen LogP contribution in [0.5, 0.6) is 5.75 Å². The molecule has 5 rings (SSSR count). The molecule has 0 spiro atoms. The number of likely N-dealkylation sites (tertiary alicyclic amines) is 1. The smallest absolute Gasteiger partial charge is 0.416 e. The Morgan fingerprint density at radius 1 is 1.15 bits per heavy atom. The molecule has 1 N–H and O–H groups in total. The molecule has 1 saturated heterocycles. The molecule has 1 fully saturated rings. The molecule has 0 aliphatic carbocycles. The summed E-state index contributed by atoms with van der Waals surface area (Å²) in [7, 11) is 1.26. The predicted molar refractivity (Wildman–Crippen MR) is 137 cm³/mol. The Kier molecular flexibility index (Phi) is 7.19. The Morgan fingerprint density at radius 3 is 2.42 bits per heavy atom. The third-order valence-corrected chi connectivity index (χ3v) is 7.95. The average Bonchev–Trinajstić information content (AvgIpc) is 3.28. The van der Waals surface area contributed by atoms with Crippen molar-refractivity contribution >= 4 is 34.6 Å². The lowest BCUT2D eigenvalue weighted by Gasteiger charge is -2.45. The SMILES string of the molecule is COc1ccc(C(F)(F)F)cc1N1C(N2CCC(F)(c3ccc(F)cc3)CC2)=Nc2c(csc2F)[C@@H]1CC(=O)O. The van der Waals surface area contributed by atoms with Gasteiger partial charge in [-0.3, -0.25) is 4.79 Å². The van der Waals surface area contributed by atoms with E-state index in [1.54, 1.807) is 4.90 Å². The molecule has 0 unspecified atom stereocenters. The fraction of sp³-hybridized carbons (Fsp3) is 0.333. The van der Waals surface area contributed by atoms with Crippen molar-refractivity contribution in [3.8, 4) is 5.75 Å². The fourth-order valence-electron chi connectivity index (χ4n) is 5.14. The average molecular weight is 584 g/mol. The van der Waals surface area contributed by atoms with Gasteiger partial charge < -0.3 is 19.6 Å². The van der Waals surface area contributed by atoms with Crippen molar-refractivity contribution in [1.29, 1.82) is 0 Å². The molecule has 0 radical (unpaired) electrons. The van der Waals surface area contributed by atoms with E-state index in [1.165, 1.54) is 29.5 Å². The Balaban J connectivity index is 1.60. The van der Waals surface area contributed by atoms with Crippen molar-refractivity contribution in [2.24, 2.45) is 4.99 Å². The van der Waals surface area contributed by atoms with Gasteiger partial charge in [-0.2, -0.15) is 17.6 Å². The number of anilines is 1. The Hall–Kier alpha value is -3.74. The van der Waals surface area contributed by atoms with E-state index in [1.807, 2.05) is 0 Å². The number of aliphatic carboxylic acids is 1. The molecule has 212 valence electrons. The molecular weight excluding hydrogens is 560 g/mol. The number of fused-ring (bicyclic) bond motifs is 1. The topological polar surface area (TPSA) is 65.4 Å². The van der Waals surface area contributed by atoms with Crippen LogP contribution < -0.4 is 9.64 Å². The number of benzene rings is 2. The van der Waals surface area contributed by atoms with Gasteiger partial charge in [-0.05, 0) is 35.9 Å². The van der Waals surface area contributed by atoms with Gasteiger partial charge in [-0.15, -0.1) is 11.3 Å². The zero-order valence-corrected chi connectivity index (χ0v) is 21.8. The molecule has 0 bridgehead atoms. The van der Waals surface area contributed by atoms with Crippen LogP contribution in [0, 0.1) is 10.9 Å². The van der Waals surface area contributed by atoms with Crippen LogP contribution in [-0.4, -0.2) is 42.1 Å². The predicted octanol–water partition coefficient (Wildman–Crippen LogP) is 7.04. The number of alkyl halides is 4. The third kappa shape index (κ3) is 5.09. The van der Waals surface area contributed by atoms with Crippen molar-refractivity contribution < 1.29 is 41.0 Å². The summed E-state index contributed by atoms with van der Waals surface area (Å²) in [5.41, 5.74) is -2.55. The number of ether oxygens (including phenoxy) is 1. The van der Waals surface area contributed by atoms with E-state index in [0.717, 1.165) is 30.3 Å². The van der Waals surface area contributed by atoms with Gasteiger partial charge in [0.1, 0.15) is 22.9 Å². The molecule has 0 amide bonds. The summed E-state index contributed by atoms with van der Waals surface area (Å²) in [6.07, 6.45) is -5.45. The maximum Gasteiger partial charge on any atom is 0.416 e. The van der Waals surface area contributed by atoms with Gasteiger partial charge in [-0.1, -0.05) is 12.1 Å². The Morgan fingerprint density at radius 2 is 1.82 bits per heavy atom. The maximum absolute atomic E-state index is 15.9.